The number of hydrogen-bond donors (Lipinski definition) is 0. The zero-order valence-electron chi connectivity index (χ0n) is 12.5. The maximum absolute atomic E-state index is 11.9. The minimum absolute atomic E-state index is 0.00430. The first kappa shape index (κ1) is 16.0. The van der Waals surface area contributed by atoms with E-state index in [0.29, 0.717) is 11.1 Å². The Morgan fingerprint density at radius 3 is 2.28 bits per heavy atom. The average molecular weight is 339 g/mol. The molecule has 0 radical (unpaired) electrons. The van der Waals surface area contributed by atoms with Crippen LogP contribution in [0.1, 0.15) is 11.1 Å². The molecule has 0 bridgehead atoms. The molecule has 0 aliphatic carbocycles. The zero-order chi connectivity index (χ0) is 18.0. The number of benzene rings is 2. The molecule has 1 aliphatic rings. The minimum Gasteiger partial charge on any atom is -0.402 e. The predicted molar refractivity (Wildman–Crippen MR) is 86.8 cm³/mol. The lowest BCUT2D eigenvalue weighted by Gasteiger charge is -1.98. The molecule has 124 valence electrons. The lowest BCUT2D eigenvalue weighted by Crippen LogP contribution is -2.05. The number of ether oxygens (including phenoxy) is 1. The second kappa shape index (κ2) is 6.32. The van der Waals surface area contributed by atoms with Crippen molar-refractivity contribution in [3.63, 3.8) is 0 Å². The molecule has 0 atom stereocenters. The van der Waals surface area contributed by atoms with Crippen molar-refractivity contribution in [2.45, 2.75) is 0 Å². The number of cyclic esters (lactones) is 1. The third-order valence-corrected chi connectivity index (χ3v) is 3.33. The molecule has 1 aliphatic heterocycles. The van der Waals surface area contributed by atoms with Crippen LogP contribution in [0.15, 0.2) is 59.2 Å². The number of esters is 1. The van der Waals surface area contributed by atoms with E-state index in [9.17, 15) is 25.0 Å². The van der Waals surface area contributed by atoms with Gasteiger partial charge in [0.05, 0.1) is 9.85 Å². The van der Waals surface area contributed by atoms with Gasteiger partial charge in [0.1, 0.15) is 0 Å². The molecule has 9 heteroatoms. The Balaban J connectivity index is 1.90. The maximum Gasteiger partial charge on any atom is 0.363 e. The highest BCUT2D eigenvalue weighted by atomic mass is 16.6. The second-order valence-electron chi connectivity index (χ2n) is 4.99. The molecule has 0 amide bonds. The summed E-state index contributed by atoms with van der Waals surface area (Å²) in [5, 5.41) is 21.4. The van der Waals surface area contributed by atoms with Gasteiger partial charge in [0.2, 0.25) is 5.90 Å². The van der Waals surface area contributed by atoms with Crippen LogP contribution >= 0.6 is 0 Å². The van der Waals surface area contributed by atoms with Gasteiger partial charge in [0, 0.05) is 29.8 Å². The quantitative estimate of drug-likeness (QED) is 0.365. The highest BCUT2D eigenvalue weighted by Crippen LogP contribution is 2.22. The highest BCUT2D eigenvalue weighted by Gasteiger charge is 2.25. The zero-order valence-corrected chi connectivity index (χ0v) is 12.5. The summed E-state index contributed by atoms with van der Waals surface area (Å²) in [6.07, 6.45) is 1.41. The standard InChI is InChI=1S/C16H9N3O6/c20-16-14(8-10-4-6-12(7-5-10)18(21)22)17-15(25-16)11-2-1-3-13(9-11)19(23)24/h1-9H/b14-8-. The van der Waals surface area contributed by atoms with Crippen LogP contribution in [0.3, 0.4) is 0 Å². The van der Waals surface area contributed by atoms with Gasteiger partial charge in [-0.25, -0.2) is 9.79 Å². The lowest BCUT2D eigenvalue weighted by atomic mass is 10.2. The Labute approximate surface area is 140 Å². The fraction of sp³-hybridized carbons (Fsp3) is 0. The maximum atomic E-state index is 11.9. The van der Waals surface area contributed by atoms with E-state index in [2.05, 4.69) is 4.99 Å². The van der Waals surface area contributed by atoms with E-state index in [1.54, 1.807) is 0 Å². The van der Waals surface area contributed by atoms with Gasteiger partial charge >= 0.3 is 5.97 Å². The van der Waals surface area contributed by atoms with Crippen LogP contribution < -0.4 is 0 Å². The molecule has 0 saturated heterocycles. The third-order valence-electron chi connectivity index (χ3n) is 3.33. The minimum atomic E-state index is -0.708. The largest absolute Gasteiger partial charge is 0.402 e. The van der Waals surface area contributed by atoms with Crippen molar-refractivity contribution < 1.29 is 19.4 Å². The summed E-state index contributed by atoms with van der Waals surface area (Å²) in [4.78, 5) is 36.3. The van der Waals surface area contributed by atoms with E-state index in [-0.39, 0.29) is 23.0 Å². The van der Waals surface area contributed by atoms with Crippen LogP contribution in [-0.4, -0.2) is 21.7 Å². The summed E-state index contributed by atoms with van der Waals surface area (Å²) in [6, 6.07) is 11.1. The number of carbonyl (C=O) groups is 1. The van der Waals surface area contributed by atoms with Crippen LogP contribution in [-0.2, 0) is 9.53 Å². The van der Waals surface area contributed by atoms with Crippen LogP contribution in [0.25, 0.3) is 6.08 Å². The fourth-order valence-corrected chi connectivity index (χ4v) is 2.14. The Morgan fingerprint density at radius 2 is 1.64 bits per heavy atom. The molecule has 0 saturated carbocycles. The van der Waals surface area contributed by atoms with Gasteiger partial charge < -0.3 is 4.74 Å². The fourth-order valence-electron chi connectivity index (χ4n) is 2.14. The van der Waals surface area contributed by atoms with Crippen molar-refractivity contribution in [3.8, 4) is 0 Å². The van der Waals surface area contributed by atoms with Gasteiger partial charge in [0.25, 0.3) is 11.4 Å². The Hall–Kier alpha value is -3.88. The first-order valence-corrected chi connectivity index (χ1v) is 6.96. The summed E-state index contributed by atoms with van der Waals surface area (Å²) >= 11 is 0. The van der Waals surface area contributed by atoms with Crippen LogP contribution in [0, 0.1) is 20.2 Å². The second-order valence-corrected chi connectivity index (χ2v) is 4.99. The summed E-state index contributed by atoms with van der Waals surface area (Å²) in [5.74, 6) is -0.748. The number of rotatable bonds is 4. The van der Waals surface area contributed by atoms with Crippen molar-refractivity contribution in [2.24, 2.45) is 4.99 Å². The molecular formula is C16H9N3O6. The van der Waals surface area contributed by atoms with Crippen molar-refractivity contribution in [1.82, 2.24) is 0 Å². The monoisotopic (exact) mass is 339 g/mol. The number of carbonyl (C=O) groups excluding carboxylic acids is 1. The van der Waals surface area contributed by atoms with E-state index in [0.717, 1.165) is 0 Å². The number of nitrogens with zero attached hydrogens (tertiary/aromatic N) is 3. The van der Waals surface area contributed by atoms with E-state index in [1.165, 1.54) is 54.6 Å². The molecule has 2 aromatic rings. The number of nitro groups is 2. The van der Waals surface area contributed by atoms with Crippen molar-refractivity contribution in [3.05, 3.63) is 85.6 Å². The smallest absolute Gasteiger partial charge is 0.363 e. The third kappa shape index (κ3) is 3.39. The van der Waals surface area contributed by atoms with Gasteiger partial charge in [-0.15, -0.1) is 0 Å². The normalized spacial score (nSPS) is 15.0. The summed E-state index contributed by atoms with van der Waals surface area (Å²) in [5.41, 5.74) is 0.604. The van der Waals surface area contributed by atoms with Crippen molar-refractivity contribution in [2.75, 3.05) is 0 Å². The van der Waals surface area contributed by atoms with Crippen molar-refractivity contribution in [1.29, 1.82) is 0 Å². The number of nitro benzene ring substituents is 2. The van der Waals surface area contributed by atoms with Crippen molar-refractivity contribution >= 4 is 29.3 Å². The molecule has 25 heavy (non-hydrogen) atoms. The Bertz CT molecular complexity index is 947. The van der Waals surface area contributed by atoms with E-state index >= 15 is 0 Å². The molecule has 0 unspecified atom stereocenters. The van der Waals surface area contributed by atoms with E-state index < -0.39 is 15.8 Å². The van der Waals surface area contributed by atoms with Crippen LogP contribution in [0.2, 0.25) is 0 Å². The van der Waals surface area contributed by atoms with Gasteiger partial charge in [-0.1, -0.05) is 6.07 Å². The number of hydrogen-bond acceptors (Lipinski definition) is 7. The molecule has 0 N–H and O–H groups in total. The SMILES string of the molecule is O=C1OC(c2cccc([N+](=O)[O-])c2)=N/C1=C\c1ccc([N+](=O)[O-])cc1. The molecule has 1 heterocycles. The molecule has 0 aromatic heterocycles. The molecule has 2 aromatic carbocycles. The highest BCUT2D eigenvalue weighted by molar-refractivity contribution is 6.13. The number of aliphatic imine (C=N–C) groups is 1. The molecule has 3 rings (SSSR count). The number of non-ortho nitro benzene ring substituents is 2. The Kier molecular flexibility index (Phi) is 4.04. The first-order valence-electron chi connectivity index (χ1n) is 6.96. The molecule has 9 nitrogen and oxygen atoms in total. The van der Waals surface area contributed by atoms with Gasteiger partial charge in [0.15, 0.2) is 5.70 Å². The van der Waals surface area contributed by atoms with Crippen LogP contribution in [0.5, 0.6) is 0 Å². The van der Waals surface area contributed by atoms with Gasteiger partial charge in [-0.3, -0.25) is 20.2 Å². The molecule has 0 fully saturated rings. The van der Waals surface area contributed by atoms with Crippen LogP contribution in [0.4, 0.5) is 11.4 Å². The predicted octanol–water partition coefficient (Wildman–Crippen LogP) is 2.85. The first-order chi connectivity index (χ1) is 11.9. The summed E-state index contributed by atoms with van der Waals surface area (Å²) in [7, 11) is 0. The van der Waals surface area contributed by atoms with Gasteiger partial charge in [-0.05, 0) is 29.8 Å². The van der Waals surface area contributed by atoms with E-state index in [4.69, 9.17) is 4.74 Å². The molecule has 0 spiro atoms. The lowest BCUT2D eigenvalue weighted by molar-refractivity contribution is -0.385. The molecular weight excluding hydrogens is 330 g/mol. The summed E-state index contributed by atoms with van der Waals surface area (Å²) in [6.45, 7) is 0. The topological polar surface area (TPSA) is 125 Å². The summed E-state index contributed by atoms with van der Waals surface area (Å²) < 4.78 is 5.04. The average Bonchev–Trinajstić information content (AvgIpc) is 2.96. The van der Waals surface area contributed by atoms with Gasteiger partial charge in [-0.2, -0.15) is 0 Å². The van der Waals surface area contributed by atoms with E-state index in [1.807, 2.05) is 0 Å². The Morgan fingerprint density at radius 1 is 0.960 bits per heavy atom.